The molecule has 0 amide bonds. The Bertz CT molecular complexity index is 1270. The van der Waals surface area contributed by atoms with Crippen LogP contribution in [0, 0.1) is 6.92 Å². The molecule has 0 radical (unpaired) electrons. The van der Waals surface area contributed by atoms with Gasteiger partial charge in [-0.3, -0.25) is 10.1 Å². The second kappa shape index (κ2) is 6.34. The summed E-state index contributed by atoms with van der Waals surface area (Å²) >= 11 is 6.86. The van der Waals surface area contributed by atoms with Crippen LogP contribution in [0.5, 0.6) is 5.75 Å². The molecule has 0 saturated carbocycles. The van der Waals surface area contributed by atoms with E-state index >= 15 is 0 Å². The summed E-state index contributed by atoms with van der Waals surface area (Å²) < 4.78 is 6.02. The summed E-state index contributed by atoms with van der Waals surface area (Å²) in [6.07, 6.45) is 3.70. The zero-order valence-corrected chi connectivity index (χ0v) is 16.8. The average Bonchev–Trinajstić information content (AvgIpc) is 3.22. The molecule has 0 aliphatic carbocycles. The van der Waals surface area contributed by atoms with Crippen molar-refractivity contribution in [3.05, 3.63) is 47.2 Å². The lowest BCUT2D eigenvalue weighted by Gasteiger charge is -2.42. The van der Waals surface area contributed by atoms with Crippen LogP contribution in [0.15, 0.2) is 36.7 Å². The molecule has 2 aromatic carbocycles. The van der Waals surface area contributed by atoms with Crippen molar-refractivity contribution in [3.63, 3.8) is 0 Å². The molecule has 7 heteroatoms. The van der Waals surface area contributed by atoms with Gasteiger partial charge in [-0.2, -0.15) is 5.10 Å². The second-order valence-electron chi connectivity index (χ2n) is 7.77. The number of aryl methyl sites for hydroxylation is 1. The van der Waals surface area contributed by atoms with Crippen molar-refractivity contribution in [1.82, 2.24) is 20.5 Å². The Kier molecular flexibility index (Phi) is 3.73. The highest BCUT2D eigenvalue weighted by Gasteiger charge is 2.31. The fourth-order valence-corrected chi connectivity index (χ4v) is 4.91. The average molecular weight is 406 g/mol. The van der Waals surface area contributed by atoms with E-state index in [1.807, 2.05) is 24.5 Å². The quantitative estimate of drug-likeness (QED) is 0.502. The van der Waals surface area contributed by atoms with Gasteiger partial charge in [0.05, 0.1) is 35.2 Å². The van der Waals surface area contributed by atoms with Crippen LogP contribution in [-0.2, 0) is 0 Å². The molecule has 0 bridgehead atoms. The van der Waals surface area contributed by atoms with Gasteiger partial charge in [0.1, 0.15) is 6.61 Å². The maximum absolute atomic E-state index is 6.86. The minimum Gasteiger partial charge on any atom is -0.488 e. The van der Waals surface area contributed by atoms with Crippen LogP contribution in [0.4, 0.5) is 5.69 Å². The van der Waals surface area contributed by atoms with Gasteiger partial charge in [0, 0.05) is 41.0 Å². The third-order valence-corrected chi connectivity index (χ3v) is 6.38. The normalized spacial score (nSPS) is 18.6. The fourth-order valence-electron chi connectivity index (χ4n) is 4.65. The summed E-state index contributed by atoms with van der Waals surface area (Å²) in [7, 11) is 0. The van der Waals surface area contributed by atoms with Crippen LogP contribution >= 0.6 is 11.6 Å². The number of pyridine rings is 1. The number of anilines is 1. The van der Waals surface area contributed by atoms with E-state index < -0.39 is 0 Å². The minimum atomic E-state index is 0.335. The van der Waals surface area contributed by atoms with E-state index in [0.29, 0.717) is 17.7 Å². The largest absolute Gasteiger partial charge is 0.488 e. The van der Waals surface area contributed by atoms with E-state index in [1.54, 1.807) is 0 Å². The number of piperazine rings is 1. The Morgan fingerprint density at radius 3 is 3.07 bits per heavy atom. The van der Waals surface area contributed by atoms with Crippen molar-refractivity contribution in [1.29, 1.82) is 0 Å². The molecule has 4 heterocycles. The van der Waals surface area contributed by atoms with E-state index in [0.717, 1.165) is 69.6 Å². The summed E-state index contributed by atoms with van der Waals surface area (Å²) in [4.78, 5) is 7.15. The first-order valence-electron chi connectivity index (χ1n) is 9.86. The van der Waals surface area contributed by atoms with Crippen LogP contribution in [0.2, 0.25) is 5.02 Å². The maximum atomic E-state index is 6.86. The monoisotopic (exact) mass is 405 g/mol. The summed E-state index contributed by atoms with van der Waals surface area (Å²) in [6, 6.07) is 8.62. The predicted molar refractivity (Wildman–Crippen MR) is 116 cm³/mol. The molecule has 2 aliphatic heterocycles. The molecule has 146 valence electrons. The van der Waals surface area contributed by atoms with Crippen LogP contribution in [0.25, 0.3) is 32.9 Å². The first kappa shape index (κ1) is 17.1. The number of aromatic nitrogens is 3. The van der Waals surface area contributed by atoms with E-state index in [-0.39, 0.29) is 0 Å². The molecular formula is C22H20ClN5O. The molecular weight excluding hydrogens is 386 g/mol. The number of H-pyrrole nitrogens is 1. The first-order chi connectivity index (χ1) is 14.2. The summed E-state index contributed by atoms with van der Waals surface area (Å²) in [5, 5.41) is 13.5. The van der Waals surface area contributed by atoms with Crippen molar-refractivity contribution < 1.29 is 4.74 Å². The summed E-state index contributed by atoms with van der Waals surface area (Å²) in [5.74, 6) is 0.840. The number of ether oxygens (including phenoxy) is 1. The highest BCUT2D eigenvalue weighted by Crippen LogP contribution is 2.44. The Hall–Kier alpha value is -2.83. The van der Waals surface area contributed by atoms with E-state index in [1.165, 1.54) is 0 Å². The van der Waals surface area contributed by atoms with E-state index in [2.05, 4.69) is 39.5 Å². The minimum absolute atomic E-state index is 0.335. The molecule has 6 rings (SSSR count). The summed E-state index contributed by atoms with van der Waals surface area (Å²) in [6.45, 7) is 5.62. The highest BCUT2D eigenvalue weighted by atomic mass is 35.5. The molecule has 0 unspecified atom stereocenters. The van der Waals surface area contributed by atoms with Crippen molar-refractivity contribution in [2.75, 3.05) is 31.1 Å². The molecule has 2 N–H and O–H groups in total. The van der Waals surface area contributed by atoms with Crippen molar-refractivity contribution in [2.24, 2.45) is 0 Å². The topological polar surface area (TPSA) is 66.1 Å². The third kappa shape index (κ3) is 2.52. The summed E-state index contributed by atoms with van der Waals surface area (Å²) in [5.41, 5.74) is 6.26. The smallest absolute Gasteiger partial charge is 0.161 e. The van der Waals surface area contributed by atoms with Gasteiger partial charge in [-0.1, -0.05) is 17.7 Å². The van der Waals surface area contributed by atoms with Crippen LogP contribution in [-0.4, -0.2) is 47.5 Å². The zero-order valence-electron chi connectivity index (χ0n) is 16.0. The number of halogens is 1. The molecule has 2 aromatic heterocycles. The predicted octanol–water partition coefficient (Wildman–Crippen LogP) is 3.91. The van der Waals surface area contributed by atoms with Crippen LogP contribution in [0.1, 0.15) is 5.56 Å². The molecule has 6 nitrogen and oxygen atoms in total. The Balaban J connectivity index is 1.59. The highest BCUT2D eigenvalue weighted by molar-refractivity contribution is 6.35. The number of fused-ring (bicyclic) bond motifs is 6. The Morgan fingerprint density at radius 1 is 1.21 bits per heavy atom. The molecule has 1 fully saturated rings. The van der Waals surface area contributed by atoms with Gasteiger partial charge in [0.25, 0.3) is 0 Å². The van der Waals surface area contributed by atoms with Crippen molar-refractivity contribution in [3.8, 4) is 16.9 Å². The Morgan fingerprint density at radius 2 is 2.14 bits per heavy atom. The lowest BCUT2D eigenvalue weighted by molar-refractivity contribution is 0.247. The second-order valence-corrected chi connectivity index (χ2v) is 8.18. The number of aromatic amines is 1. The number of hydrogen-bond acceptors (Lipinski definition) is 5. The first-order valence-corrected chi connectivity index (χ1v) is 10.2. The molecule has 1 atom stereocenters. The third-order valence-electron chi connectivity index (χ3n) is 6.07. The van der Waals surface area contributed by atoms with Crippen molar-refractivity contribution >= 4 is 39.1 Å². The molecule has 0 spiro atoms. The lowest BCUT2D eigenvalue weighted by Crippen LogP contribution is -2.55. The molecule has 4 aromatic rings. The number of hydrogen-bond donors (Lipinski definition) is 2. The van der Waals surface area contributed by atoms with Gasteiger partial charge in [0.2, 0.25) is 0 Å². The zero-order chi connectivity index (χ0) is 19.5. The van der Waals surface area contributed by atoms with Crippen molar-refractivity contribution in [2.45, 2.75) is 13.0 Å². The van der Waals surface area contributed by atoms with Gasteiger partial charge >= 0.3 is 0 Å². The number of benzene rings is 2. The van der Waals surface area contributed by atoms with Gasteiger partial charge in [-0.15, -0.1) is 0 Å². The SMILES string of the molecule is Cc1ccc2[nH]ncc2c1-c1cc2ncc3c(c2cc1Cl)N1CCNC[C@@H]1CO3. The van der Waals surface area contributed by atoms with Crippen LogP contribution < -0.4 is 15.0 Å². The number of nitrogens with zero attached hydrogens (tertiary/aromatic N) is 3. The fraction of sp³-hybridized carbons (Fsp3) is 0.273. The number of nitrogens with one attached hydrogen (secondary N) is 2. The lowest BCUT2D eigenvalue weighted by atomic mass is 9.95. The molecule has 29 heavy (non-hydrogen) atoms. The molecule has 2 aliphatic rings. The van der Waals surface area contributed by atoms with E-state index in [4.69, 9.17) is 21.3 Å². The Labute approximate surface area is 172 Å². The van der Waals surface area contributed by atoms with Crippen LogP contribution in [0.3, 0.4) is 0 Å². The van der Waals surface area contributed by atoms with Gasteiger partial charge in [-0.25, -0.2) is 0 Å². The van der Waals surface area contributed by atoms with Gasteiger partial charge in [0.15, 0.2) is 5.75 Å². The van der Waals surface area contributed by atoms with Gasteiger partial charge in [-0.05, 0) is 36.2 Å². The maximum Gasteiger partial charge on any atom is 0.161 e. The standard InChI is InChI=1S/C22H20ClN5O/c1-12-2-3-18-16(9-26-27-18)21(12)14-7-19-15(6-17(14)23)22-20(10-25-19)29-11-13-8-24-4-5-28(13)22/h2-3,6-7,9-10,13,24H,4-5,8,11H2,1H3,(H,26,27)/t13-/m1/s1. The van der Waals surface area contributed by atoms with Gasteiger partial charge < -0.3 is 15.0 Å². The molecule has 1 saturated heterocycles. The number of rotatable bonds is 1. The van der Waals surface area contributed by atoms with E-state index in [9.17, 15) is 0 Å².